The number of nitrogens with zero attached hydrogens (tertiary/aromatic N) is 2. The number of rotatable bonds is 6. The van der Waals surface area contributed by atoms with Crippen LogP contribution < -0.4 is 19.1 Å². The molecule has 8 heteroatoms. The molecule has 0 bridgehead atoms. The quantitative estimate of drug-likeness (QED) is 0.408. The van der Waals surface area contributed by atoms with Crippen LogP contribution in [-0.2, 0) is 9.59 Å². The highest BCUT2D eigenvalue weighted by Gasteiger charge is 2.46. The van der Waals surface area contributed by atoms with Crippen LogP contribution in [0.3, 0.4) is 0 Å². The highest BCUT2D eigenvalue weighted by atomic mass is 16.5. The Morgan fingerprint density at radius 3 is 2.58 bits per heavy atom. The average molecular weight is 453 g/mol. The van der Waals surface area contributed by atoms with Crippen LogP contribution in [0.2, 0.25) is 0 Å². The molecule has 33 heavy (non-hydrogen) atoms. The van der Waals surface area contributed by atoms with Crippen LogP contribution in [0.15, 0.2) is 42.0 Å². The molecule has 2 aromatic rings. The number of ether oxygens (including phenoxy) is 3. The molecule has 8 nitrogen and oxygen atoms in total. The largest absolute Gasteiger partial charge is 0.507 e. The number of methoxy groups -OCH3 is 2. The van der Waals surface area contributed by atoms with E-state index in [9.17, 15) is 14.7 Å². The molecule has 2 aliphatic rings. The van der Waals surface area contributed by atoms with Crippen molar-refractivity contribution in [2.45, 2.75) is 19.4 Å². The summed E-state index contributed by atoms with van der Waals surface area (Å²) in [4.78, 5) is 29.6. The number of Topliss-reactive ketones (excluding diaryl/α,β-unsaturated/α-hetero) is 1. The third kappa shape index (κ3) is 3.86. The van der Waals surface area contributed by atoms with Crippen LogP contribution in [0.5, 0.6) is 17.2 Å². The van der Waals surface area contributed by atoms with E-state index in [2.05, 4.69) is 0 Å². The van der Waals surface area contributed by atoms with Gasteiger partial charge in [0.1, 0.15) is 18.1 Å². The number of carbonyl (C=O) groups is 2. The van der Waals surface area contributed by atoms with Crippen LogP contribution in [0.1, 0.15) is 30.5 Å². The van der Waals surface area contributed by atoms with Gasteiger partial charge in [-0.05, 0) is 42.3 Å². The van der Waals surface area contributed by atoms with E-state index in [1.54, 1.807) is 36.4 Å². The molecular formula is C25H28N2O6. The van der Waals surface area contributed by atoms with Gasteiger partial charge in [-0.3, -0.25) is 9.59 Å². The minimum absolute atomic E-state index is 0.0556. The van der Waals surface area contributed by atoms with E-state index in [4.69, 9.17) is 14.2 Å². The summed E-state index contributed by atoms with van der Waals surface area (Å²) in [7, 11) is 5.00. The lowest BCUT2D eigenvalue weighted by Crippen LogP contribution is -2.30. The molecule has 0 saturated carbocycles. The maximum Gasteiger partial charge on any atom is 0.295 e. The second-order valence-electron chi connectivity index (χ2n) is 8.06. The summed E-state index contributed by atoms with van der Waals surface area (Å²) in [6, 6.07) is 9.76. The SMILES string of the molecule is CCCN1C(=O)C(=O)/C(=C(/O)c2ccc3c(c2)N(C)CCO3)C1c1ccc(OC)c(OC)c1. The minimum atomic E-state index is -0.741. The number of ketones is 1. The summed E-state index contributed by atoms with van der Waals surface area (Å²) in [5.41, 5.74) is 1.97. The number of carbonyl (C=O) groups excluding carboxylic acids is 2. The number of likely N-dealkylation sites (N-methyl/N-ethyl adjacent to an activating group) is 1. The van der Waals surface area contributed by atoms with Crippen LogP contribution in [0, 0.1) is 0 Å². The van der Waals surface area contributed by atoms with Crippen LogP contribution in [0.4, 0.5) is 5.69 Å². The van der Waals surface area contributed by atoms with Gasteiger partial charge < -0.3 is 29.1 Å². The van der Waals surface area contributed by atoms with E-state index in [-0.39, 0.29) is 11.3 Å². The first kappa shape index (κ1) is 22.5. The van der Waals surface area contributed by atoms with E-state index in [0.717, 1.165) is 5.69 Å². The smallest absolute Gasteiger partial charge is 0.295 e. The molecule has 0 aromatic heterocycles. The van der Waals surface area contributed by atoms with Crippen LogP contribution in [0.25, 0.3) is 5.76 Å². The van der Waals surface area contributed by atoms with Gasteiger partial charge in [0.05, 0.1) is 38.1 Å². The Morgan fingerprint density at radius 2 is 1.88 bits per heavy atom. The molecule has 2 aromatic carbocycles. The first-order valence-corrected chi connectivity index (χ1v) is 10.9. The topological polar surface area (TPSA) is 88.5 Å². The molecule has 1 amide bonds. The summed E-state index contributed by atoms with van der Waals surface area (Å²) >= 11 is 0. The normalized spacial score (nSPS) is 19.3. The van der Waals surface area contributed by atoms with Crippen LogP contribution in [-0.4, -0.2) is 62.7 Å². The Kier molecular flexibility index (Phi) is 6.18. The lowest BCUT2D eigenvalue weighted by molar-refractivity contribution is -0.139. The van der Waals surface area contributed by atoms with E-state index < -0.39 is 17.7 Å². The fourth-order valence-corrected chi connectivity index (χ4v) is 4.37. The Labute approximate surface area is 193 Å². The Hall–Kier alpha value is -3.68. The summed E-state index contributed by atoms with van der Waals surface area (Å²) in [6.07, 6.45) is 0.665. The average Bonchev–Trinajstić information content (AvgIpc) is 3.08. The van der Waals surface area contributed by atoms with Crippen molar-refractivity contribution in [3.8, 4) is 17.2 Å². The zero-order valence-corrected chi connectivity index (χ0v) is 19.3. The molecule has 4 rings (SSSR count). The van der Waals surface area contributed by atoms with Crippen LogP contribution >= 0.6 is 0 Å². The zero-order valence-electron chi connectivity index (χ0n) is 19.3. The van der Waals surface area contributed by atoms with Gasteiger partial charge in [0.15, 0.2) is 11.5 Å². The number of amides is 1. The number of aliphatic hydroxyl groups is 1. The van der Waals surface area contributed by atoms with E-state index in [1.165, 1.54) is 19.1 Å². The molecule has 0 spiro atoms. The van der Waals surface area contributed by atoms with Crippen molar-refractivity contribution in [2.24, 2.45) is 0 Å². The summed E-state index contributed by atoms with van der Waals surface area (Å²) in [5, 5.41) is 11.3. The second-order valence-corrected chi connectivity index (χ2v) is 8.06. The fourth-order valence-electron chi connectivity index (χ4n) is 4.37. The van der Waals surface area contributed by atoms with Crippen molar-refractivity contribution in [1.82, 2.24) is 4.90 Å². The van der Waals surface area contributed by atoms with E-state index >= 15 is 0 Å². The maximum atomic E-state index is 13.1. The predicted molar refractivity (Wildman–Crippen MR) is 124 cm³/mol. The van der Waals surface area contributed by atoms with Gasteiger partial charge in [-0.15, -0.1) is 0 Å². The Bertz CT molecular complexity index is 1130. The number of aliphatic hydroxyl groups excluding tert-OH is 1. The molecule has 2 aliphatic heterocycles. The number of hydrogen-bond donors (Lipinski definition) is 1. The van der Waals surface area contributed by atoms with Gasteiger partial charge in [0, 0.05) is 19.2 Å². The van der Waals surface area contributed by atoms with Gasteiger partial charge in [-0.2, -0.15) is 0 Å². The number of benzene rings is 2. The molecule has 1 fully saturated rings. The second kappa shape index (κ2) is 9.05. The highest BCUT2D eigenvalue weighted by molar-refractivity contribution is 6.46. The highest BCUT2D eigenvalue weighted by Crippen LogP contribution is 2.43. The zero-order chi connectivity index (χ0) is 23.7. The molecule has 1 atom stereocenters. The van der Waals surface area contributed by atoms with E-state index in [1.807, 2.05) is 18.9 Å². The van der Waals surface area contributed by atoms with Gasteiger partial charge in [0.25, 0.3) is 11.7 Å². The van der Waals surface area contributed by atoms with Gasteiger partial charge in [-0.1, -0.05) is 13.0 Å². The maximum absolute atomic E-state index is 13.1. The van der Waals surface area contributed by atoms with Gasteiger partial charge in [-0.25, -0.2) is 0 Å². The molecule has 0 radical (unpaired) electrons. The summed E-state index contributed by atoms with van der Waals surface area (Å²) < 4.78 is 16.4. The van der Waals surface area contributed by atoms with Crippen molar-refractivity contribution < 1.29 is 28.9 Å². The van der Waals surface area contributed by atoms with Crippen molar-refractivity contribution >= 4 is 23.1 Å². The molecular weight excluding hydrogens is 424 g/mol. The molecule has 0 aliphatic carbocycles. The first-order chi connectivity index (χ1) is 15.9. The molecule has 2 heterocycles. The van der Waals surface area contributed by atoms with Crippen molar-refractivity contribution in [3.05, 3.63) is 53.1 Å². The predicted octanol–water partition coefficient (Wildman–Crippen LogP) is 3.36. The third-order valence-electron chi connectivity index (χ3n) is 6.06. The van der Waals surface area contributed by atoms with Gasteiger partial charge in [0.2, 0.25) is 0 Å². The molecule has 1 N–H and O–H groups in total. The Balaban J connectivity index is 1.87. The monoisotopic (exact) mass is 452 g/mol. The number of hydrogen-bond acceptors (Lipinski definition) is 7. The van der Waals surface area contributed by atoms with E-state index in [0.29, 0.717) is 54.5 Å². The number of fused-ring (bicyclic) bond motifs is 1. The molecule has 174 valence electrons. The van der Waals surface area contributed by atoms with Crippen molar-refractivity contribution in [3.63, 3.8) is 0 Å². The fraction of sp³-hybridized carbons (Fsp3) is 0.360. The lowest BCUT2D eigenvalue weighted by Gasteiger charge is -2.28. The molecule has 1 unspecified atom stereocenters. The number of anilines is 1. The first-order valence-electron chi connectivity index (χ1n) is 10.9. The Morgan fingerprint density at radius 1 is 1.12 bits per heavy atom. The third-order valence-corrected chi connectivity index (χ3v) is 6.06. The molecule has 1 saturated heterocycles. The lowest BCUT2D eigenvalue weighted by atomic mass is 9.94. The standard InChI is InChI=1S/C25H28N2O6/c1-5-10-27-22(15-6-9-19(31-3)20(14-15)32-4)21(24(29)25(27)30)23(28)16-7-8-18-17(13-16)26(2)11-12-33-18/h6-9,13-14,22,28H,5,10-12H2,1-4H3/b23-21+. The summed E-state index contributed by atoms with van der Waals surface area (Å²) in [6.45, 7) is 3.60. The number of likely N-dealkylation sites (tertiary alicyclic amines) is 1. The van der Waals surface area contributed by atoms with Crippen molar-refractivity contribution in [2.75, 3.05) is 45.9 Å². The van der Waals surface area contributed by atoms with Gasteiger partial charge >= 0.3 is 0 Å². The summed E-state index contributed by atoms with van der Waals surface area (Å²) in [5.74, 6) is 0.174. The minimum Gasteiger partial charge on any atom is -0.507 e. The van der Waals surface area contributed by atoms with Crippen molar-refractivity contribution in [1.29, 1.82) is 0 Å².